The summed E-state index contributed by atoms with van der Waals surface area (Å²) in [6, 6.07) is 14.0. The van der Waals surface area contributed by atoms with Gasteiger partial charge in [0.05, 0.1) is 12.6 Å². The first kappa shape index (κ1) is 15.5. The molecular formula is C18H23NO2. The average molecular weight is 285 g/mol. The highest BCUT2D eigenvalue weighted by Crippen LogP contribution is 2.31. The van der Waals surface area contributed by atoms with Crippen LogP contribution < -0.4 is 10.5 Å². The van der Waals surface area contributed by atoms with Crippen molar-refractivity contribution in [2.75, 3.05) is 20.3 Å². The van der Waals surface area contributed by atoms with Crippen molar-refractivity contribution in [1.29, 1.82) is 0 Å². The molecule has 0 bridgehead atoms. The lowest BCUT2D eigenvalue weighted by molar-refractivity contribution is 0.145. The monoisotopic (exact) mass is 285 g/mol. The third-order valence-electron chi connectivity index (χ3n) is 3.65. The molecule has 0 heterocycles. The van der Waals surface area contributed by atoms with Crippen molar-refractivity contribution in [3.05, 3.63) is 64.7 Å². The molecule has 1 atom stereocenters. The second-order valence-corrected chi connectivity index (χ2v) is 5.16. The molecule has 0 spiro atoms. The second-order valence-electron chi connectivity index (χ2n) is 5.16. The molecule has 0 aromatic heterocycles. The van der Waals surface area contributed by atoms with Gasteiger partial charge in [0.25, 0.3) is 0 Å². The topological polar surface area (TPSA) is 44.5 Å². The van der Waals surface area contributed by atoms with Crippen LogP contribution in [-0.4, -0.2) is 20.3 Å². The van der Waals surface area contributed by atoms with Gasteiger partial charge in [0.1, 0.15) is 12.4 Å². The maximum Gasteiger partial charge on any atom is 0.124 e. The number of methoxy groups -OCH3 is 1. The van der Waals surface area contributed by atoms with E-state index < -0.39 is 0 Å². The lowest BCUT2D eigenvalue weighted by atomic mass is 9.91. The standard InChI is InChI=1S/C18H23NO2/c1-13-7-6-8-14(2)17(13)18(19)15-9-4-5-10-16(15)21-12-11-20-3/h4-10,18H,11-12,19H2,1-3H3. The summed E-state index contributed by atoms with van der Waals surface area (Å²) in [5.74, 6) is 0.824. The summed E-state index contributed by atoms with van der Waals surface area (Å²) in [5.41, 5.74) is 11.1. The molecule has 2 aromatic carbocycles. The third-order valence-corrected chi connectivity index (χ3v) is 3.65. The van der Waals surface area contributed by atoms with Gasteiger partial charge in [-0.1, -0.05) is 36.4 Å². The van der Waals surface area contributed by atoms with E-state index in [1.165, 1.54) is 16.7 Å². The molecule has 0 saturated carbocycles. The Labute approximate surface area is 126 Å². The Bertz CT molecular complexity index is 575. The van der Waals surface area contributed by atoms with Crippen LogP contribution in [0.4, 0.5) is 0 Å². The number of para-hydroxylation sites is 1. The first-order chi connectivity index (χ1) is 10.1. The van der Waals surface area contributed by atoms with Crippen LogP contribution in [0.5, 0.6) is 5.75 Å². The predicted octanol–water partition coefficient (Wildman–Crippen LogP) is 3.38. The number of rotatable bonds is 6. The SMILES string of the molecule is COCCOc1ccccc1C(N)c1c(C)cccc1C. The summed E-state index contributed by atoms with van der Waals surface area (Å²) in [5, 5.41) is 0. The smallest absolute Gasteiger partial charge is 0.124 e. The van der Waals surface area contributed by atoms with Gasteiger partial charge in [-0.2, -0.15) is 0 Å². The van der Waals surface area contributed by atoms with Gasteiger partial charge >= 0.3 is 0 Å². The maximum atomic E-state index is 6.51. The van der Waals surface area contributed by atoms with Gasteiger partial charge in [-0.05, 0) is 36.6 Å². The molecule has 21 heavy (non-hydrogen) atoms. The summed E-state index contributed by atoms with van der Waals surface area (Å²) >= 11 is 0. The molecule has 0 saturated heterocycles. The van der Waals surface area contributed by atoms with Crippen LogP contribution in [0.1, 0.15) is 28.3 Å². The second kappa shape index (κ2) is 7.25. The third kappa shape index (κ3) is 3.63. The van der Waals surface area contributed by atoms with E-state index in [1.807, 2.05) is 24.3 Å². The molecule has 2 rings (SSSR count). The zero-order valence-corrected chi connectivity index (χ0v) is 12.9. The van der Waals surface area contributed by atoms with E-state index in [0.29, 0.717) is 13.2 Å². The molecule has 3 nitrogen and oxygen atoms in total. The Hall–Kier alpha value is -1.84. The Kier molecular flexibility index (Phi) is 5.37. The van der Waals surface area contributed by atoms with E-state index in [9.17, 15) is 0 Å². The van der Waals surface area contributed by atoms with Crippen molar-refractivity contribution < 1.29 is 9.47 Å². The molecule has 2 N–H and O–H groups in total. The highest BCUT2D eigenvalue weighted by atomic mass is 16.5. The Balaban J connectivity index is 2.32. The summed E-state index contributed by atoms with van der Waals surface area (Å²) in [7, 11) is 1.66. The molecule has 1 unspecified atom stereocenters. The Morgan fingerprint density at radius 3 is 2.29 bits per heavy atom. The van der Waals surface area contributed by atoms with Gasteiger partial charge in [-0.15, -0.1) is 0 Å². The number of hydrogen-bond acceptors (Lipinski definition) is 3. The minimum absolute atomic E-state index is 0.190. The largest absolute Gasteiger partial charge is 0.491 e. The van der Waals surface area contributed by atoms with Gasteiger partial charge in [0, 0.05) is 12.7 Å². The van der Waals surface area contributed by atoms with Gasteiger partial charge in [-0.3, -0.25) is 0 Å². The Morgan fingerprint density at radius 2 is 1.62 bits per heavy atom. The van der Waals surface area contributed by atoms with Gasteiger partial charge in [0.2, 0.25) is 0 Å². The average Bonchev–Trinajstić information content (AvgIpc) is 2.47. The normalized spacial score (nSPS) is 12.2. The summed E-state index contributed by atoms with van der Waals surface area (Å²) in [4.78, 5) is 0. The van der Waals surface area contributed by atoms with Crippen LogP contribution in [0.15, 0.2) is 42.5 Å². The summed E-state index contributed by atoms with van der Waals surface area (Å²) in [6.45, 7) is 5.27. The molecule has 0 aliphatic carbocycles. The van der Waals surface area contributed by atoms with E-state index in [0.717, 1.165) is 11.3 Å². The van der Waals surface area contributed by atoms with Crippen molar-refractivity contribution in [3.8, 4) is 5.75 Å². The number of ether oxygens (including phenoxy) is 2. The van der Waals surface area contributed by atoms with Gasteiger partial charge in [0.15, 0.2) is 0 Å². The Morgan fingerprint density at radius 1 is 0.952 bits per heavy atom. The highest BCUT2D eigenvalue weighted by molar-refractivity contribution is 5.46. The summed E-state index contributed by atoms with van der Waals surface area (Å²) < 4.78 is 10.8. The molecule has 0 radical (unpaired) electrons. The van der Waals surface area contributed by atoms with Crippen molar-refractivity contribution >= 4 is 0 Å². The van der Waals surface area contributed by atoms with Crippen LogP contribution in [0.2, 0.25) is 0 Å². The van der Waals surface area contributed by atoms with Gasteiger partial charge < -0.3 is 15.2 Å². The molecular weight excluding hydrogens is 262 g/mol. The lowest BCUT2D eigenvalue weighted by Gasteiger charge is -2.20. The molecule has 0 aliphatic heterocycles. The summed E-state index contributed by atoms with van der Waals surface area (Å²) in [6.07, 6.45) is 0. The number of nitrogens with two attached hydrogens (primary N) is 1. The minimum atomic E-state index is -0.190. The zero-order chi connectivity index (χ0) is 15.2. The predicted molar refractivity (Wildman–Crippen MR) is 85.8 cm³/mol. The highest BCUT2D eigenvalue weighted by Gasteiger charge is 2.17. The van der Waals surface area contributed by atoms with E-state index >= 15 is 0 Å². The van der Waals surface area contributed by atoms with Crippen molar-refractivity contribution in [2.45, 2.75) is 19.9 Å². The first-order valence-corrected chi connectivity index (χ1v) is 7.17. The van der Waals surface area contributed by atoms with Crippen molar-refractivity contribution in [3.63, 3.8) is 0 Å². The van der Waals surface area contributed by atoms with Crippen LogP contribution in [0, 0.1) is 13.8 Å². The fourth-order valence-electron chi connectivity index (χ4n) is 2.58. The minimum Gasteiger partial charge on any atom is -0.491 e. The molecule has 112 valence electrons. The van der Waals surface area contributed by atoms with E-state index in [4.69, 9.17) is 15.2 Å². The molecule has 0 aliphatic rings. The number of benzene rings is 2. The van der Waals surface area contributed by atoms with Crippen LogP contribution >= 0.6 is 0 Å². The fourth-order valence-corrected chi connectivity index (χ4v) is 2.58. The molecule has 0 fully saturated rings. The van der Waals surface area contributed by atoms with E-state index in [2.05, 4.69) is 32.0 Å². The van der Waals surface area contributed by atoms with Gasteiger partial charge in [-0.25, -0.2) is 0 Å². The van der Waals surface area contributed by atoms with Crippen LogP contribution in [0.25, 0.3) is 0 Å². The zero-order valence-electron chi connectivity index (χ0n) is 12.9. The van der Waals surface area contributed by atoms with E-state index in [1.54, 1.807) is 7.11 Å². The van der Waals surface area contributed by atoms with Crippen molar-refractivity contribution in [1.82, 2.24) is 0 Å². The fraction of sp³-hybridized carbons (Fsp3) is 0.333. The molecule has 0 amide bonds. The number of aryl methyl sites for hydroxylation is 2. The maximum absolute atomic E-state index is 6.51. The quantitative estimate of drug-likeness (QED) is 0.828. The van der Waals surface area contributed by atoms with Crippen molar-refractivity contribution in [2.24, 2.45) is 5.73 Å². The first-order valence-electron chi connectivity index (χ1n) is 7.17. The molecule has 3 heteroatoms. The van der Waals surface area contributed by atoms with Crippen LogP contribution in [0.3, 0.4) is 0 Å². The van der Waals surface area contributed by atoms with E-state index in [-0.39, 0.29) is 6.04 Å². The lowest BCUT2D eigenvalue weighted by Crippen LogP contribution is -2.17. The number of hydrogen-bond donors (Lipinski definition) is 1. The van der Waals surface area contributed by atoms with Crippen LogP contribution in [-0.2, 0) is 4.74 Å². The molecule has 2 aromatic rings.